The van der Waals surface area contributed by atoms with Gasteiger partial charge in [-0.3, -0.25) is 4.79 Å². The summed E-state index contributed by atoms with van der Waals surface area (Å²) in [5, 5.41) is 8.96. The fourth-order valence-corrected chi connectivity index (χ4v) is 2.77. The van der Waals surface area contributed by atoms with E-state index in [1.807, 2.05) is 47.4 Å². The lowest BCUT2D eigenvalue weighted by Gasteiger charge is -2.22. The second-order valence-corrected chi connectivity index (χ2v) is 5.59. The Labute approximate surface area is 114 Å². The molecular weight excluding hydrogens is 270 g/mol. The second-order valence-electron chi connectivity index (χ2n) is 3.79. The predicted molar refractivity (Wildman–Crippen MR) is 74.5 cm³/mol. The van der Waals surface area contributed by atoms with Crippen LogP contribution in [0.15, 0.2) is 42.5 Å². The number of thiophene rings is 1. The SMILES string of the molecule is O=C(O)CN(Cc1ccc(Cl)s1)c1ccccc1. The van der Waals surface area contributed by atoms with E-state index >= 15 is 0 Å². The molecule has 0 saturated heterocycles. The molecule has 1 aromatic carbocycles. The van der Waals surface area contributed by atoms with Gasteiger partial charge in [0.2, 0.25) is 0 Å². The smallest absolute Gasteiger partial charge is 0.323 e. The molecule has 94 valence electrons. The Balaban J connectivity index is 2.18. The maximum atomic E-state index is 10.9. The van der Waals surface area contributed by atoms with E-state index in [9.17, 15) is 4.79 Å². The third-order valence-electron chi connectivity index (χ3n) is 2.42. The molecular formula is C13H12ClNO2S. The average Bonchev–Trinajstić information content (AvgIpc) is 2.75. The number of carboxylic acids is 1. The maximum Gasteiger partial charge on any atom is 0.323 e. The Hall–Kier alpha value is -1.52. The predicted octanol–water partition coefficient (Wildman–Crippen LogP) is 3.49. The van der Waals surface area contributed by atoms with Crippen molar-refractivity contribution in [3.63, 3.8) is 0 Å². The third kappa shape index (κ3) is 3.48. The van der Waals surface area contributed by atoms with Gasteiger partial charge in [-0.15, -0.1) is 11.3 Å². The molecule has 5 heteroatoms. The van der Waals surface area contributed by atoms with Crippen molar-refractivity contribution in [1.29, 1.82) is 0 Å². The normalized spacial score (nSPS) is 10.3. The third-order valence-corrected chi connectivity index (χ3v) is 3.64. The first kappa shape index (κ1) is 12.9. The molecule has 1 heterocycles. The van der Waals surface area contributed by atoms with E-state index < -0.39 is 5.97 Å². The summed E-state index contributed by atoms with van der Waals surface area (Å²) in [6, 6.07) is 13.2. The zero-order valence-electron chi connectivity index (χ0n) is 9.54. The molecule has 0 spiro atoms. The van der Waals surface area contributed by atoms with E-state index in [0.717, 1.165) is 10.6 Å². The van der Waals surface area contributed by atoms with Gasteiger partial charge in [-0.05, 0) is 24.3 Å². The van der Waals surface area contributed by atoms with Crippen LogP contribution in [0, 0.1) is 0 Å². The molecule has 0 radical (unpaired) electrons. The minimum atomic E-state index is -0.846. The second kappa shape index (κ2) is 5.89. The van der Waals surface area contributed by atoms with E-state index in [-0.39, 0.29) is 6.54 Å². The first-order valence-corrected chi connectivity index (χ1v) is 6.60. The number of hydrogen-bond acceptors (Lipinski definition) is 3. The molecule has 0 unspecified atom stereocenters. The monoisotopic (exact) mass is 281 g/mol. The van der Waals surface area contributed by atoms with Crippen molar-refractivity contribution < 1.29 is 9.90 Å². The van der Waals surface area contributed by atoms with Gasteiger partial charge in [0.15, 0.2) is 0 Å². The number of anilines is 1. The molecule has 3 nitrogen and oxygen atoms in total. The van der Waals surface area contributed by atoms with E-state index in [1.165, 1.54) is 11.3 Å². The molecule has 1 N–H and O–H groups in total. The number of rotatable bonds is 5. The van der Waals surface area contributed by atoms with E-state index in [2.05, 4.69) is 0 Å². The van der Waals surface area contributed by atoms with Gasteiger partial charge in [-0.1, -0.05) is 29.8 Å². The van der Waals surface area contributed by atoms with Crippen LogP contribution in [-0.2, 0) is 11.3 Å². The highest BCUT2D eigenvalue weighted by Gasteiger charge is 2.12. The summed E-state index contributed by atoms with van der Waals surface area (Å²) in [7, 11) is 0. The number of hydrogen-bond donors (Lipinski definition) is 1. The number of carbonyl (C=O) groups is 1. The highest BCUT2D eigenvalue weighted by Crippen LogP contribution is 2.24. The quantitative estimate of drug-likeness (QED) is 0.912. The molecule has 0 aliphatic heterocycles. The van der Waals surface area contributed by atoms with Gasteiger partial charge in [0.1, 0.15) is 6.54 Å². The molecule has 0 bridgehead atoms. The van der Waals surface area contributed by atoms with Gasteiger partial charge in [0.25, 0.3) is 0 Å². The standard InChI is InChI=1S/C13H12ClNO2S/c14-12-7-6-11(18-12)8-15(9-13(16)17)10-4-2-1-3-5-10/h1-7H,8-9H2,(H,16,17). The van der Waals surface area contributed by atoms with E-state index in [4.69, 9.17) is 16.7 Å². The van der Waals surface area contributed by atoms with Gasteiger partial charge in [-0.25, -0.2) is 0 Å². The van der Waals surface area contributed by atoms with Crippen molar-refractivity contribution in [3.05, 3.63) is 51.7 Å². The van der Waals surface area contributed by atoms with Crippen LogP contribution in [0.5, 0.6) is 0 Å². The Morgan fingerprint density at radius 2 is 1.94 bits per heavy atom. The highest BCUT2D eigenvalue weighted by atomic mass is 35.5. The summed E-state index contributed by atoms with van der Waals surface area (Å²) in [5.41, 5.74) is 0.893. The lowest BCUT2D eigenvalue weighted by molar-refractivity contribution is -0.135. The van der Waals surface area contributed by atoms with Crippen molar-refractivity contribution in [2.45, 2.75) is 6.54 Å². The van der Waals surface area contributed by atoms with Gasteiger partial charge < -0.3 is 10.0 Å². The molecule has 0 aliphatic carbocycles. The fraction of sp³-hybridized carbons (Fsp3) is 0.154. The van der Waals surface area contributed by atoms with E-state index in [0.29, 0.717) is 10.9 Å². The molecule has 2 rings (SSSR count). The minimum absolute atomic E-state index is 0.0282. The summed E-state index contributed by atoms with van der Waals surface area (Å²) in [5.74, 6) is -0.846. The van der Waals surface area contributed by atoms with E-state index in [1.54, 1.807) is 0 Å². The van der Waals surface area contributed by atoms with Crippen LogP contribution in [0.3, 0.4) is 0 Å². The summed E-state index contributed by atoms with van der Waals surface area (Å²) >= 11 is 7.35. The molecule has 1 aromatic heterocycles. The Morgan fingerprint density at radius 3 is 2.50 bits per heavy atom. The molecule has 0 amide bonds. The van der Waals surface area contributed by atoms with Crippen molar-refractivity contribution >= 4 is 34.6 Å². The minimum Gasteiger partial charge on any atom is -0.480 e. The number of halogens is 1. The van der Waals surface area contributed by atoms with Crippen LogP contribution >= 0.6 is 22.9 Å². The topological polar surface area (TPSA) is 40.5 Å². The van der Waals surface area contributed by atoms with Crippen molar-refractivity contribution in [2.75, 3.05) is 11.4 Å². The Bertz CT molecular complexity index is 527. The van der Waals surface area contributed by atoms with Gasteiger partial charge >= 0.3 is 5.97 Å². The molecule has 0 saturated carbocycles. The lowest BCUT2D eigenvalue weighted by atomic mass is 10.2. The highest BCUT2D eigenvalue weighted by molar-refractivity contribution is 7.16. The first-order chi connectivity index (χ1) is 8.65. The summed E-state index contributed by atoms with van der Waals surface area (Å²) in [4.78, 5) is 13.8. The molecule has 0 fully saturated rings. The number of carboxylic acid groups (broad SMARTS) is 1. The first-order valence-electron chi connectivity index (χ1n) is 5.41. The molecule has 0 atom stereocenters. The fourth-order valence-electron chi connectivity index (χ4n) is 1.67. The Morgan fingerprint density at radius 1 is 1.22 bits per heavy atom. The number of aliphatic carboxylic acids is 1. The summed E-state index contributed by atoms with van der Waals surface area (Å²) in [6.45, 7) is 0.521. The number of para-hydroxylation sites is 1. The zero-order chi connectivity index (χ0) is 13.0. The lowest BCUT2D eigenvalue weighted by Crippen LogP contribution is -2.28. The molecule has 2 aromatic rings. The van der Waals surface area contributed by atoms with Crippen molar-refractivity contribution in [1.82, 2.24) is 0 Å². The van der Waals surface area contributed by atoms with Crippen LogP contribution in [0.25, 0.3) is 0 Å². The van der Waals surface area contributed by atoms with Gasteiger partial charge in [-0.2, -0.15) is 0 Å². The van der Waals surface area contributed by atoms with Crippen molar-refractivity contribution in [2.24, 2.45) is 0 Å². The Kier molecular flexibility index (Phi) is 4.23. The molecule has 18 heavy (non-hydrogen) atoms. The molecule has 0 aliphatic rings. The van der Waals surface area contributed by atoms with Crippen LogP contribution < -0.4 is 4.90 Å². The summed E-state index contributed by atoms with van der Waals surface area (Å²) < 4.78 is 0.716. The maximum absolute atomic E-state index is 10.9. The van der Waals surface area contributed by atoms with Gasteiger partial charge in [0, 0.05) is 10.6 Å². The zero-order valence-corrected chi connectivity index (χ0v) is 11.1. The van der Waals surface area contributed by atoms with Crippen molar-refractivity contribution in [3.8, 4) is 0 Å². The summed E-state index contributed by atoms with van der Waals surface area (Å²) in [6.07, 6.45) is 0. The van der Waals surface area contributed by atoms with Crippen LogP contribution in [0.1, 0.15) is 4.88 Å². The van der Waals surface area contributed by atoms with Crippen LogP contribution in [0.2, 0.25) is 4.34 Å². The van der Waals surface area contributed by atoms with Crippen LogP contribution in [-0.4, -0.2) is 17.6 Å². The van der Waals surface area contributed by atoms with Crippen LogP contribution in [0.4, 0.5) is 5.69 Å². The number of nitrogens with zero attached hydrogens (tertiary/aromatic N) is 1. The largest absolute Gasteiger partial charge is 0.480 e. The average molecular weight is 282 g/mol. The number of benzene rings is 1. The van der Waals surface area contributed by atoms with Gasteiger partial charge in [0.05, 0.1) is 10.9 Å².